The zero-order chi connectivity index (χ0) is 8.39. The summed E-state index contributed by atoms with van der Waals surface area (Å²) in [6.45, 7) is 3.17. The van der Waals surface area contributed by atoms with Gasteiger partial charge in [-0.1, -0.05) is 24.3 Å². The molecule has 0 bridgehead atoms. The predicted molar refractivity (Wildman–Crippen MR) is 55.1 cm³/mol. The summed E-state index contributed by atoms with van der Waals surface area (Å²) in [6, 6.07) is 10.5. The lowest BCUT2D eigenvalue weighted by Crippen LogP contribution is -2.08. The molecule has 1 aromatic carbocycles. The van der Waals surface area contributed by atoms with Gasteiger partial charge in [-0.25, -0.2) is 0 Å². The van der Waals surface area contributed by atoms with Crippen LogP contribution in [-0.4, -0.2) is 6.54 Å². The molecule has 1 heterocycles. The molecule has 0 amide bonds. The highest BCUT2D eigenvalue weighted by atomic mass is 32.2. The van der Waals surface area contributed by atoms with Crippen molar-refractivity contribution in [3.8, 4) is 0 Å². The monoisotopic (exact) mass is 177 g/mol. The summed E-state index contributed by atoms with van der Waals surface area (Å²) in [5.41, 5.74) is 1.29. The third-order valence-corrected chi connectivity index (χ3v) is 2.88. The lowest BCUT2D eigenvalue weighted by Gasteiger charge is -2.15. The molecule has 0 radical (unpaired) electrons. The van der Waals surface area contributed by atoms with Crippen LogP contribution < -0.4 is 4.31 Å². The van der Waals surface area contributed by atoms with Gasteiger partial charge in [0, 0.05) is 17.1 Å². The molecule has 0 aromatic heterocycles. The van der Waals surface area contributed by atoms with Crippen LogP contribution in [0.15, 0.2) is 41.3 Å². The highest BCUT2D eigenvalue weighted by molar-refractivity contribution is 8.04. The maximum atomic E-state index is 2.29. The molecule has 0 spiro atoms. The number of nitrogens with zero attached hydrogens (tertiary/aromatic N) is 1. The van der Waals surface area contributed by atoms with Gasteiger partial charge in [0.25, 0.3) is 0 Å². The minimum Gasteiger partial charge on any atom is -0.309 e. The Morgan fingerprint density at radius 2 is 2.00 bits per heavy atom. The summed E-state index contributed by atoms with van der Waals surface area (Å²) in [7, 11) is 0. The van der Waals surface area contributed by atoms with Gasteiger partial charge in [-0.15, -0.1) is 0 Å². The van der Waals surface area contributed by atoms with Crippen molar-refractivity contribution in [3.05, 3.63) is 41.3 Å². The first-order chi connectivity index (χ1) is 5.86. The molecule has 62 valence electrons. The number of hydrogen-bond acceptors (Lipinski definition) is 2. The molecule has 0 unspecified atom stereocenters. The van der Waals surface area contributed by atoms with Crippen molar-refractivity contribution < 1.29 is 0 Å². The number of allylic oxidation sites excluding steroid dienone is 1. The van der Waals surface area contributed by atoms with Gasteiger partial charge in [0.2, 0.25) is 0 Å². The molecule has 1 nitrogen and oxygen atoms in total. The molecule has 0 N–H and O–H groups in total. The average molecular weight is 177 g/mol. The van der Waals surface area contributed by atoms with E-state index in [1.165, 1.54) is 10.6 Å². The minimum atomic E-state index is 1.03. The second kappa shape index (κ2) is 3.23. The molecule has 0 fully saturated rings. The Kier molecular flexibility index (Phi) is 2.09. The van der Waals surface area contributed by atoms with Crippen LogP contribution in [0.4, 0.5) is 5.69 Å². The van der Waals surface area contributed by atoms with Gasteiger partial charge in [-0.3, -0.25) is 0 Å². The highest BCUT2D eigenvalue weighted by Gasteiger charge is 2.11. The van der Waals surface area contributed by atoms with Crippen molar-refractivity contribution in [1.29, 1.82) is 0 Å². The lowest BCUT2D eigenvalue weighted by atomic mass is 10.3. The first-order valence-corrected chi connectivity index (χ1v) is 4.81. The second-order valence-corrected chi connectivity index (χ2v) is 4.07. The molecular weight excluding hydrogens is 166 g/mol. The molecule has 1 aliphatic heterocycles. The first-order valence-electron chi connectivity index (χ1n) is 4.03. The number of benzene rings is 1. The summed E-state index contributed by atoms with van der Waals surface area (Å²) >= 11 is 1.81. The van der Waals surface area contributed by atoms with E-state index in [1.807, 2.05) is 18.0 Å². The largest absolute Gasteiger partial charge is 0.309 e. The SMILES string of the molecule is CC1=CCN(c2ccccc2)S1. The van der Waals surface area contributed by atoms with E-state index in [9.17, 15) is 0 Å². The topological polar surface area (TPSA) is 3.24 Å². The number of para-hydroxylation sites is 1. The van der Waals surface area contributed by atoms with Gasteiger partial charge in [-0.05, 0) is 31.0 Å². The minimum absolute atomic E-state index is 1.03. The summed E-state index contributed by atoms with van der Waals surface area (Å²) in [5.74, 6) is 0. The number of rotatable bonds is 1. The van der Waals surface area contributed by atoms with Crippen molar-refractivity contribution >= 4 is 17.6 Å². The Morgan fingerprint density at radius 3 is 2.58 bits per heavy atom. The fourth-order valence-electron chi connectivity index (χ4n) is 1.21. The molecule has 0 atom stereocenters. The van der Waals surface area contributed by atoms with Gasteiger partial charge in [-0.2, -0.15) is 0 Å². The van der Waals surface area contributed by atoms with E-state index >= 15 is 0 Å². The maximum Gasteiger partial charge on any atom is 0.0490 e. The number of anilines is 1. The predicted octanol–water partition coefficient (Wildman–Crippen LogP) is 3.06. The van der Waals surface area contributed by atoms with E-state index < -0.39 is 0 Å². The summed E-state index contributed by atoms with van der Waals surface area (Å²) in [6.07, 6.45) is 2.25. The van der Waals surface area contributed by atoms with Gasteiger partial charge in [0.15, 0.2) is 0 Å². The van der Waals surface area contributed by atoms with Crippen LogP contribution in [0.1, 0.15) is 6.92 Å². The summed E-state index contributed by atoms with van der Waals surface area (Å²) < 4.78 is 2.29. The molecule has 0 aliphatic carbocycles. The van der Waals surface area contributed by atoms with E-state index in [1.54, 1.807) is 0 Å². The van der Waals surface area contributed by atoms with Gasteiger partial charge >= 0.3 is 0 Å². The lowest BCUT2D eigenvalue weighted by molar-refractivity contribution is 1.23. The van der Waals surface area contributed by atoms with Crippen molar-refractivity contribution in [2.75, 3.05) is 10.8 Å². The maximum absolute atomic E-state index is 2.29. The molecule has 1 aromatic rings. The summed E-state index contributed by atoms with van der Waals surface area (Å²) in [4.78, 5) is 1.39. The van der Waals surface area contributed by atoms with E-state index in [2.05, 4.69) is 41.6 Å². The summed E-state index contributed by atoms with van der Waals surface area (Å²) in [5, 5.41) is 0. The van der Waals surface area contributed by atoms with Crippen LogP contribution in [-0.2, 0) is 0 Å². The van der Waals surface area contributed by atoms with Crippen LogP contribution in [0.3, 0.4) is 0 Å². The highest BCUT2D eigenvalue weighted by Crippen LogP contribution is 2.31. The fraction of sp³-hybridized carbons (Fsp3) is 0.200. The molecule has 2 heteroatoms. The molecule has 12 heavy (non-hydrogen) atoms. The van der Waals surface area contributed by atoms with Crippen LogP contribution in [0.2, 0.25) is 0 Å². The molecule has 2 rings (SSSR count). The Bertz CT molecular complexity index is 292. The molecule has 0 saturated carbocycles. The second-order valence-electron chi connectivity index (χ2n) is 2.80. The van der Waals surface area contributed by atoms with Gasteiger partial charge < -0.3 is 4.31 Å². The van der Waals surface area contributed by atoms with Crippen molar-refractivity contribution in [3.63, 3.8) is 0 Å². The van der Waals surface area contributed by atoms with Crippen LogP contribution in [0.25, 0.3) is 0 Å². The first kappa shape index (κ1) is 7.74. The Hall–Kier alpha value is -0.890. The molecule has 0 saturated heterocycles. The van der Waals surface area contributed by atoms with E-state index in [0.717, 1.165) is 6.54 Å². The van der Waals surface area contributed by atoms with E-state index in [-0.39, 0.29) is 0 Å². The van der Waals surface area contributed by atoms with Crippen molar-refractivity contribution in [2.24, 2.45) is 0 Å². The third-order valence-electron chi connectivity index (χ3n) is 1.84. The smallest absolute Gasteiger partial charge is 0.0490 e. The van der Waals surface area contributed by atoms with E-state index in [0.29, 0.717) is 0 Å². The van der Waals surface area contributed by atoms with Crippen LogP contribution >= 0.6 is 11.9 Å². The van der Waals surface area contributed by atoms with E-state index in [4.69, 9.17) is 0 Å². The average Bonchev–Trinajstić information content (AvgIpc) is 2.54. The quantitative estimate of drug-likeness (QED) is 0.606. The van der Waals surface area contributed by atoms with Gasteiger partial charge in [0.1, 0.15) is 0 Å². The number of hydrogen-bond donors (Lipinski definition) is 0. The normalized spacial score (nSPS) is 16.4. The fourth-order valence-corrected chi connectivity index (χ4v) is 2.09. The molecular formula is C10H11NS. The zero-order valence-corrected chi connectivity index (χ0v) is 7.84. The Balaban J connectivity index is 2.14. The Morgan fingerprint density at radius 1 is 1.25 bits per heavy atom. The standard InChI is InChI=1S/C10H11NS/c1-9-7-8-11(12-9)10-5-3-2-4-6-10/h2-7H,8H2,1H3. The zero-order valence-electron chi connectivity index (χ0n) is 7.03. The van der Waals surface area contributed by atoms with Gasteiger partial charge in [0.05, 0.1) is 0 Å². The molecule has 1 aliphatic rings. The Labute approximate surface area is 77.2 Å². The van der Waals surface area contributed by atoms with Crippen LogP contribution in [0, 0.1) is 0 Å². The third kappa shape index (κ3) is 1.48. The van der Waals surface area contributed by atoms with Crippen LogP contribution in [0.5, 0.6) is 0 Å². The van der Waals surface area contributed by atoms with Crippen molar-refractivity contribution in [2.45, 2.75) is 6.92 Å². The van der Waals surface area contributed by atoms with Crippen molar-refractivity contribution in [1.82, 2.24) is 0 Å².